The van der Waals surface area contributed by atoms with Gasteiger partial charge in [0.05, 0.1) is 0 Å². The fraction of sp³-hybridized carbons (Fsp3) is 0.250. The third kappa shape index (κ3) is 3.04. The first kappa shape index (κ1) is 12.5. The van der Waals surface area contributed by atoms with E-state index in [1.165, 1.54) is 11.1 Å². The molecule has 0 spiro atoms. The maximum atomic E-state index is 12.1. The van der Waals surface area contributed by atoms with Gasteiger partial charge in [0, 0.05) is 24.4 Å². The molecule has 1 heterocycles. The predicted octanol–water partition coefficient (Wildman–Crippen LogP) is 3.51. The van der Waals surface area contributed by atoms with Crippen LogP contribution in [0.25, 0.3) is 0 Å². The number of hydrogen-bond acceptors (Lipinski definition) is 2. The molecular weight excluding hydrogens is 222 g/mol. The lowest BCUT2D eigenvalue weighted by Gasteiger charge is -2.04. The van der Waals surface area contributed by atoms with Gasteiger partial charge >= 0.3 is 0 Å². The number of aryl methyl sites for hydroxylation is 3. The molecule has 1 aromatic carbocycles. The average molecular weight is 239 g/mol. The Bertz CT molecular complexity index is 546. The zero-order valence-electron chi connectivity index (χ0n) is 10.8. The fourth-order valence-corrected chi connectivity index (χ4v) is 1.86. The number of hydrogen-bond donors (Lipinski definition) is 0. The minimum absolute atomic E-state index is 0.196. The van der Waals surface area contributed by atoms with E-state index in [-0.39, 0.29) is 5.78 Å². The first-order valence-electron chi connectivity index (χ1n) is 6.16. The van der Waals surface area contributed by atoms with E-state index < -0.39 is 0 Å². The van der Waals surface area contributed by atoms with Gasteiger partial charge in [-0.1, -0.05) is 18.2 Å². The molecule has 0 radical (unpaired) electrons. The monoisotopic (exact) mass is 239 g/mol. The molecule has 0 aliphatic carbocycles. The summed E-state index contributed by atoms with van der Waals surface area (Å²) in [5, 5.41) is 0. The van der Waals surface area contributed by atoms with E-state index in [4.69, 9.17) is 0 Å². The van der Waals surface area contributed by atoms with Crippen molar-refractivity contribution in [1.82, 2.24) is 4.98 Å². The van der Waals surface area contributed by atoms with E-state index in [1.54, 1.807) is 6.20 Å². The van der Waals surface area contributed by atoms with E-state index in [2.05, 4.69) is 11.9 Å². The van der Waals surface area contributed by atoms with Gasteiger partial charge in [-0.25, -0.2) is 0 Å². The normalized spacial score (nSPS) is 10.3. The summed E-state index contributed by atoms with van der Waals surface area (Å²) in [5.41, 5.74) is 4.30. The van der Waals surface area contributed by atoms with Crippen LogP contribution in [0, 0.1) is 13.8 Å². The van der Waals surface area contributed by atoms with Crippen LogP contribution >= 0.6 is 0 Å². The van der Waals surface area contributed by atoms with Crippen molar-refractivity contribution in [2.75, 3.05) is 0 Å². The minimum atomic E-state index is 0.196. The number of carbonyl (C=O) groups excluding carboxylic acids is 1. The zero-order chi connectivity index (χ0) is 13.0. The number of rotatable bonds is 4. The number of ketones is 1. The van der Waals surface area contributed by atoms with Gasteiger partial charge in [0.25, 0.3) is 0 Å². The Hall–Kier alpha value is -1.96. The van der Waals surface area contributed by atoms with Crippen LogP contribution in [-0.4, -0.2) is 10.8 Å². The van der Waals surface area contributed by atoms with Crippen LogP contribution in [0.1, 0.15) is 33.5 Å². The van der Waals surface area contributed by atoms with Crippen LogP contribution in [0.15, 0.2) is 42.7 Å². The summed E-state index contributed by atoms with van der Waals surface area (Å²) in [4.78, 5) is 16.1. The Morgan fingerprint density at radius 2 is 2.00 bits per heavy atom. The Morgan fingerprint density at radius 1 is 1.17 bits per heavy atom. The maximum Gasteiger partial charge on any atom is 0.163 e. The summed E-state index contributed by atoms with van der Waals surface area (Å²) in [5.74, 6) is 0.196. The van der Waals surface area contributed by atoms with E-state index in [0.29, 0.717) is 6.42 Å². The average Bonchev–Trinajstić information content (AvgIpc) is 2.40. The van der Waals surface area contributed by atoms with Crippen molar-refractivity contribution < 1.29 is 4.79 Å². The molecule has 2 rings (SSSR count). The number of Topliss-reactive ketones (excluding diaryl/α,β-unsaturated/α-hetero) is 1. The minimum Gasteiger partial charge on any atom is -0.294 e. The van der Waals surface area contributed by atoms with Crippen molar-refractivity contribution in [2.24, 2.45) is 0 Å². The zero-order valence-corrected chi connectivity index (χ0v) is 10.8. The first-order chi connectivity index (χ1) is 8.66. The quantitative estimate of drug-likeness (QED) is 0.764. The molecular formula is C16H17NO. The molecule has 2 nitrogen and oxygen atoms in total. The fourth-order valence-electron chi connectivity index (χ4n) is 1.86. The molecule has 18 heavy (non-hydrogen) atoms. The molecule has 0 saturated carbocycles. The van der Waals surface area contributed by atoms with Crippen LogP contribution in [0.4, 0.5) is 0 Å². The molecule has 0 N–H and O–H groups in total. The molecule has 0 bridgehead atoms. The second-order valence-electron chi connectivity index (χ2n) is 4.58. The highest BCUT2D eigenvalue weighted by atomic mass is 16.1. The summed E-state index contributed by atoms with van der Waals surface area (Å²) in [6.07, 6.45) is 4.84. The van der Waals surface area contributed by atoms with Crippen molar-refractivity contribution in [1.29, 1.82) is 0 Å². The highest BCUT2D eigenvalue weighted by Crippen LogP contribution is 2.13. The largest absolute Gasteiger partial charge is 0.294 e. The molecule has 0 atom stereocenters. The van der Waals surface area contributed by atoms with Crippen molar-refractivity contribution >= 4 is 5.78 Å². The van der Waals surface area contributed by atoms with Gasteiger partial charge < -0.3 is 0 Å². The molecule has 0 fully saturated rings. The van der Waals surface area contributed by atoms with Gasteiger partial charge in [-0.15, -0.1) is 0 Å². The Kier molecular flexibility index (Phi) is 3.88. The number of carbonyl (C=O) groups is 1. The van der Waals surface area contributed by atoms with Gasteiger partial charge in [0.2, 0.25) is 0 Å². The highest BCUT2D eigenvalue weighted by molar-refractivity contribution is 5.96. The molecule has 2 aromatic rings. The molecule has 92 valence electrons. The smallest absolute Gasteiger partial charge is 0.163 e. The van der Waals surface area contributed by atoms with Gasteiger partial charge in [0.15, 0.2) is 5.78 Å². The standard InChI is InChI=1S/C16H17NO/c1-12-5-7-15(10-13(12)2)16(18)8-6-14-4-3-9-17-11-14/h3-5,7,9-11H,6,8H2,1-2H3. The Labute approximate surface area is 108 Å². The van der Waals surface area contributed by atoms with Crippen molar-refractivity contribution in [3.63, 3.8) is 0 Å². The summed E-state index contributed by atoms with van der Waals surface area (Å²) >= 11 is 0. The van der Waals surface area contributed by atoms with Crippen molar-refractivity contribution in [2.45, 2.75) is 26.7 Å². The van der Waals surface area contributed by atoms with Crippen LogP contribution < -0.4 is 0 Å². The number of benzene rings is 1. The molecule has 0 aliphatic heterocycles. The van der Waals surface area contributed by atoms with E-state index in [9.17, 15) is 4.79 Å². The highest BCUT2D eigenvalue weighted by Gasteiger charge is 2.07. The second-order valence-corrected chi connectivity index (χ2v) is 4.58. The SMILES string of the molecule is Cc1ccc(C(=O)CCc2cccnc2)cc1C. The first-order valence-corrected chi connectivity index (χ1v) is 6.16. The Morgan fingerprint density at radius 3 is 2.67 bits per heavy atom. The number of aromatic nitrogens is 1. The maximum absolute atomic E-state index is 12.1. The lowest BCUT2D eigenvalue weighted by Crippen LogP contribution is -2.02. The predicted molar refractivity (Wildman–Crippen MR) is 72.8 cm³/mol. The van der Waals surface area contributed by atoms with Gasteiger partial charge in [-0.05, 0) is 49.1 Å². The molecule has 1 aromatic heterocycles. The summed E-state index contributed by atoms with van der Waals surface area (Å²) in [6.45, 7) is 4.09. The van der Waals surface area contributed by atoms with E-state index in [1.807, 2.05) is 43.5 Å². The van der Waals surface area contributed by atoms with E-state index >= 15 is 0 Å². The van der Waals surface area contributed by atoms with Crippen LogP contribution in [-0.2, 0) is 6.42 Å². The van der Waals surface area contributed by atoms with Gasteiger partial charge in [-0.3, -0.25) is 9.78 Å². The topological polar surface area (TPSA) is 30.0 Å². The lowest BCUT2D eigenvalue weighted by atomic mass is 10.00. The number of nitrogens with zero attached hydrogens (tertiary/aromatic N) is 1. The van der Waals surface area contributed by atoms with E-state index in [0.717, 1.165) is 17.5 Å². The second kappa shape index (κ2) is 5.58. The van der Waals surface area contributed by atoms with Crippen LogP contribution in [0.2, 0.25) is 0 Å². The molecule has 0 amide bonds. The third-order valence-corrected chi connectivity index (χ3v) is 3.19. The summed E-state index contributed by atoms with van der Waals surface area (Å²) in [7, 11) is 0. The summed E-state index contributed by atoms with van der Waals surface area (Å²) in [6, 6.07) is 9.79. The van der Waals surface area contributed by atoms with Gasteiger partial charge in [-0.2, -0.15) is 0 Å². The molecule has 0 aliphatic rings. The van der Waals surface area contributed by atoms with Gasteiger partial charge in [0.1, 0.15) is 0 Å². The lowest BCUT2D eigenvalue weighted by molar-refractivity contribution is 0.0982. The number of pyridine rings is 1. The summed E-state index contributed by atoms with van der Waals surface area (Å²) < 4.78 is 0. The molecule has 0 unspecified atom stereocenters. The van der Waals surface area contributed by atoms with Crippen LogP contribution in [0.5, 0.6) is 0 Å². The van der Waals surface area contributed by atoms with Crippen LogP contribution in [0.3, 0.4) is 0 Å². The Balaban J connectivity index is 2.02. The van der Waals surface area contributed by atoms with Crippen molar-refractivity contribution in [3.05, 3.63) is 65.0 Å². The molecule has 2 heteroatoms. The third-order valence-electron chi connectivity index (χ3n) is 3.19. The van der Waals surface area contributed by atoms with Crippen molar-refractivity contribution in [3.8, 4) is 0 Å². The molecule has 0 saturated heterocycles.